The molecule has 1 nitrogen and oxygen atoms in total. The van der Waals surface area contributed by atoms with Gasteiger partial charge in [0.2, 0.25) is 0 Å². The van der Waals surface area contributed by atoms with Crippen LogP contribution in [0.2, 0.25) is 0 Å². The maximum atomic E-state index is 12.7. The molecule has 0 bridgehead atoms. The lowest BCUT2D eigenvalue weighted by atomic mass is 10.2. The summed E-state index contributed by atoms with van der Waals surface area (Å²) in [7, 11) is 0. The van der Waals surface area contributed by atoms with Gasteiger partial charge in [-0.05, 0) is 25.5 Å². The number of rotatable bonds is 0. The summed E-state index contributed by atoms with van der Waals surface area (Å²) in [5.41, 5.74) is -1.46. The number of halogens is 4. The van der Waals surface area contributed by atoms with E-state index in [2.05, 4.69) is 4.98 Å². The zero-order valence-electron chi connectivity index (χ0n) is 7.04. The van der Waals surface area contributed by atoms with Gasteiger partial charge in [-0.15, -0.1) is 0 Å². The van der Waals surface area contributed by atoms with Crippen molar-refractivity contribution in [2.24, 2.45) is 0 Å². The van der Waals surface area contributed by atoms with Crippen LogP contribution in [0.3, 0.4) is 0 Å². The van der Waals surface area contributed by atoms with E-state index in [1.165, 1.54) is 13.8 Å². The Balaban J connectivity index is 3.32. The molecule has 0 fully saturated rings. The summed E-state index contributed by atoms with van der Waals surface area (Å²) in [6.07, 6.45) is -4.51. The Hall–Kier alpha value is -1.13. The first-order valence-electron chi connectivity index (χ1n) is 3.53. The summed E-state index contributed by atoms with van der Waals surface area (Å²) in [6.45, 7) is 2.38. The molecule has 0 saturated carbocycles. The second-order valence-corrected chi connectivity index (χ2v) is 2.72. The molecule has 0 N–H and O–H groups in total. The van der Waals surface area contributed by atoms with Crippen molar-refractivity contribution in [1.29, 1.82) is 0 Å². The maximum absolute atomic E-state index is 12.7. The molecule has 0 unspecified atom stereocenters. The Morgan fingerprint density at radius 3 is 2.23 bits per heavy atom. The molecule has 0 aliphatic rings. The van der Waals surface area contributed by atoms with Gasteiger partial charge in [0.15, 0.2) is 0 Å². The van der Waals surface area contributed by atoms with E-state index in [-0.39, 0.29) is 11.3 Å². The number of hydrogen-bond donors (Lipinski definition) is 0. The Kier molecular flexibility index (Phi) is 2.28. The molecule has 5 heteroatoms. The van der Waals surface area contributed by atoms with Gasteiger partial charge in [0.05, 0.1) is 5.69 Å². The lowest BCUT2D eigenvalue weighted by Crippen LogP contribution is -2.12. The molecule has 1 aromatic heterocycles. The van der Waals surface area contributed by atoms with Crippen molar-refractivity contribution in [2.45, 2.75) is 20.0 Å². The fraction of sp³-hybridized carbons (Fsp3) is 0.375. The van der Waals surface area contributed by atoms with Crippen LogP contribution in [0, 0.1) is 19.7 Å². The second-order valence-electron chi connectivity index (χ2n) is 2.72. The predicted octanol–water partition coefficient (Wildman–Crippen LogP) is 2.86. The average molecular weight is 193 g/mol. The van der Waals surface area contributed by atoms with Gasteiger partial charge in [-0.3, -0.25) is 0 Å². The molecule has 1 aromatic rings. The molecule has 0 atom stereocenters. The van der Waals surface area contributed by atoms with E-state index in [4.69, 9.17) is 0 Å². The zero-order chi connectivity index (χ0) is 10.2. The van der Waals surface area contributed by atoms with E-state index in [0.717, 1.165) is 6.07 Å². The highest BCUT2D eigenvalue weighted by Crippen LogP contribution is 2.30. The van der Waals surface area contributed by atoms with Gasteiger partial charge >= 0.3 is 6.18 Å². The van der Waals surface area contributed by atoms with Crippen LogP contribution in [0.15, 0.2) is 6.07 Å². The van der Waals surface area contributed by atoms with Crippen molar-refractivity contribution >= 4 is 0 Å². The van der Waals surface area contributed by atoms with Gasteiger partial charge in [-0.2, -0.15) is 13.2 Å². The lowest BCUT2D eigenvalue weighted by molar-refractivity contribution is -0.141. The van der Waals surface area contributed by atoms with Gasteiger partial charge in [0.25, 0.3) is 0 Å². The Labute approximate surface area is 72.4 Å². The Bertz CT molecular complexity index is 330. The zero-order valence-corrected chi connectivity index (χ0v) is 7.04. The third-order valence-electron chi connectivity index (χ3n) is 1.61. The van der Waals surface area contributed by atoms with Crippen LogP contribution in [-0.2, 0) is 6.18 Å². The van der Waals surface area contributed by atoms with Crippen molar-refractivity contribution < 1.29 is 17.6 Å². The van der Waals surface area contributed by atoms with Crippen LogP contribution >= 0.6 is 0 Å². The Morgan fingerprint density at radius 1 is 1.23 bits per heavy atom. The number of hydrogen-bond acceptors (Lipinski definition) is 1. The van der Waals surface area contributed by atoms with Crippen molar-refractivity contribution in [1.82, 2.24) is 4.98 Å². The number of alkyl halides is 3. The number of aryl methyl sites for hydroxylation is 2. The molecular weight excluding hydrogens is 186 g/mol. The number of nitrogens with zero attached hydrogens (tertiary/aromatic N) is 1. The van der Waals surface area contributed by atoms with Gasteiger partial charge in [-0.25, -0.2) is 9.37 Å². The summed E-state index contributed by atoms with van der Waals surface area (Å²) in [6, 6.07) is 0.838. The van der Waals surface area contributed by atoms with Crippen LogP contribution in [0.5, 0.6) is 0 Å². The van der Waals surface area contributed by atoms with Crippen molar-refractivity contribution in [3.8, 4) is 0 Å². The molecule has 13 heavy (non-hydrogen) atoms. The maximum Gasteiger partial charge on any atom is 0.433 e. The van der Waals surface area contributed by atoms with Crippen molar-refractivity contribution in [3.63, 3.8) is 0 Å². The lowest BCUT2D eigenvalue weighted by Gasteiger charge is -2.09. The van der Waals surface area contributed by atoms with E-state index in [9.17, 15) is 17.6 Å². The number of aromatic nitrogens is 1. The van der Waals surface area contributed by atoms with E-state index in [1.54, 1.807) is 0 Å². The quantitative estimate of drug-likeness (QED) is 0.577. The van der Waals surface area contributed by atoms with Crippen molar-refractivity contribution in [3.05, 3.63) is 28.8 Å². The Morgan fingerprint density at radius 2 is 1.77 bits per heavy atom. The molecular formula is C8H7F4N. The minimum absolute atomic E-state index is 0.199. The molecule has 0 radical (unpaired) electrons. The number of pyridine rings is 1. The van der Waals surface area contributed by atoms with E-state index >= 15 is 0 Å². The van der Waals surface area contributed by atoms with E-state index < -0.39 is 17.7 Å². The topological polar surface area (TPSA) is 12.9 Å². The minimum Gasteiger partial charge on any atom is -0.245 e. The van der Waals surface area contributed by atoms with Crippen molar-refractivity contribution in [2.75, 3.05) is 0 Å². The third kappa shape index (κ3) is 1.96. The van der Waals surface area contributed by atoms with E-state index in [1.807, 2.05) is 0 Å². The third-order valence-corrected chi connectivity index (χ3v) is 1.61. The summed E-state index contributed by atoms with van der Waals surface area (Å²) in [5, 5.41) is 0. The summed E-state index contributed by atoms with van der Waals surface area (Å²) >= 11 is 0. The minimum atomic E-state index is -4.51. The van der Waals surface area contributed by atoms with Gasteiger partial charge in [0, 0.05) is 0 Å². The first-order chi connectivity index (χ1) is 5.82. The molecule has 0 aliphatic carbocycles. The summed E-state index contributed by atoms with van der Waals surface area (Å²) in [4.78, 5) is 3.14. The van der Waals surface area contributed by atoms with Crippen LogP contribution in [0.25, 0.3) is 0 Å². The average Bonchev–Trinajstić information content (AvgIpc) is 1.94. The van der Waals surface area contributed by atoms with E-state index in [0.29, 0.717) is 0 Å². The SMILES string of the molecule is Cc1cc(F)c(C)nc1C(F)(F)F. The molecule has 0 aromatic carbocycles. The molecule has 0 saturated heterocycles. The molecule has 0 aliphatic heterocycles. The fourth-order valence-electron chi connectivity index (χ4n) is 0.959. The monoisotopic (exact) mass is 193 g/mol. The fourth-order valence-corrected chi connectivity index (χ4v) is 0.959. The normalized spacial score (nSPS) is 11.8. The molecule has 0 amide bonds. The van der Waals surface area contributed by atoms with Gasteiger partial charge in [-0.1, -0.05) is 0 Å². The first kappa shape index (κ1) is 9.95. The molecule has 1 heterocycles. The highest BCUT2D eigenvalue weighted by molar-refractivity contribution is 5.24. The smallest absolute Gasteiger partial charge is 0.245 e. The molecule has 0 spiro atoms. The predicted molar refractivity (Wildman–Crippen MR) is 38.7 cm³/mol. The van der Waals surface area contributed by atoms with Crippen LogP contribution in [0.1, 0.15) is 17.0 Å². The van der Waals surface area contributed by atoms with Gasteiger partial charge in [0.1, 0.15) is 11.5 Å². The summed E-state index contributed by atoms with van der Waals surface area (Å²) in [5.74, 6) is -0.717. The standard InChI is InChI=1S/C8H7F4N/c1-4-3-6(9)5(2)13-7(4)8(10,11)12/h3H,1-2H3. The first-order valence-corrected chi connectivity index (χ1v) is 3.53. The largest absolute Gasteiger partial charge is 0.433 e. The summed E-state index contributed by atoms with van der Waals surface area (Å²) < 4.78 is 49.2. The highest BCUT2D eigenvalue weighted by Gasteiger charge is 2.34. The molecule has 1 rings (SSSR count). The van der Waals surface area contributed by atoms with Crippen LogP contribution < -0.4 is 0 Å². The highest BCUT2D eigenvalue weighted by atomic mass is 19.4. The van der Waals surface area contributed by atoms with Crippen LogP contribution in [0.4, 0.5) is 17.6 Å². The molecule has 72 valence electrons. The van der Waals surface area contributed by atoms with Gasteiger partial charge < -0.3 is 0 Å². The second kappa shape index (κ2) is 2.97. The van der Waals surface area contributed by atoms with Crippen LogP contribution in [-0.4, -0.2) is 4.98 Å².